The van der Waals surface area contributed by atoms with E-state index in [0.717, 1.165) is 5.56 Å². The number of ether oxygens (including phenoxy) is 1. The first kappa shape index (κ1) is 14.1. The number of nitrogens with zero attached hydrogens (tertiary/aromatic N) is 2. The molecule has 1 aliphatic rings. The Labute approximate surface area is 121 Å². The fourth-order valence-electron chi connectivity index (χ4n) is 1.89. The highest BCUT2D eigenvalue weighted by molar-refractivity contribution is 6.42. The van der Waals surface area contributed by atoms with Crippen molar-refractivity contribution in [2.24, 2.45) is 0 Å². The second kappa shape index (κ2) is 6.25. The van der Waals surface area contributed by atoms with Gasteiger partial charge in [-0.2, -0.15) is 5.26 Å². The number of morpholine rings is 1. The van der Waals surface area contributed by atoms with Crippen molar-refractivity contribution in [1.82, 2.24) is 4.90 Å². The highest BCUT2D eigenvalue weighted by Crippen LogP contribution is 2.23. The molecule has 2 rings (SSSR count). The minimum atomic E-state index is -0.536. The number of carbonyl (C=O) groups excluding carboxylic acids is 1. The Bertz CT molecular complexity index is 528. The molecule has 4 nitrogen and oxygen atoms in total. The highest BCUT2D eigenvalue weighted by atomic mass is 35.5. The van der Waals surface area contributed by atoms with Crippen molar-refractivity contribution in [3.05, 3.63) is 33.8 Å². The Morgan fingerprint density at radius 1 is 1.47 bits per heavy atom. The summed E-state index contributed by atoms with van der Waals surface area (Å²) < 4.78 is 5.20. The van der Waals surface area contributed by atoms with E-state index < -0.39 is 6.10 Å². The molecule has 0 radical (unpaired) electrons. The van der Waals surface area contributed by atoms with Crippen LogP contribution in [-0.4, -0.2) is 36.6 Å². The monoisotopic (exact) mass is 298 g/mol. The summed E-state index contributed by atoms with van der Waals surface area (Å²) in [5, 5.41) is 9.70. The molecule has 1 atom stereocenters. The number of nitriles is 1. The maximum Gasteiger partial charge on any atom is 0.227 e. The van der Waals surface area contributed by atoms with Gasteiger partial charge in [-0.25, -0.2) is 0 Å². The predicted octanol–water partition coefficient (Wildman–Crippen LogP) is 2.29. The van der Waals surface area contributed by atoms with Crippen molar-refractivity contribution in [3.8, 4) is 6.07 Å². The number of carbonyl (C=O) groups is 1. The second-order valence-electron chi connectivity index (χ2n) is 4.25. The van der Waals surface area contributed by atoms with Crippen LogP contribution in [0.3, 0.4) is 0 Å². The topological polar surface area (TPSA) is 53.3 Å². The highest BCUT2D eigenvalue weighted by Gasteiger charge is 2.23. The van der Waals surface area contributed by atoms with Gasteiger partial charge in [-0.1, -0.05) is 29.3 Å². The first-order valence-corrected chi connectivity index (χ1v) is 6.58. The molecule has 1 heterocycles. The van der Waals surface area contributed by atoms with Crippen LogP contribution in [0.25, 0.3) is 0 Å². The standard InChI is InChI=1S/C13H12Cl2N2O2/c14-11-2-1-9(5-12(11)15)6-13(18)17-3-4-19-10(7-16)8-17/h1-2,5,10H,3-4,6,8H2. The molecule has 0 aliphatic carbocycles. The summed E-state index contributed by atoms with van der Waals surface area (Å²) in [6.07, 6.45) is -0.291. The summed E-state index contributed by atoms with van der Waals surface area (Å²) in [6, 6.07) is 7.14. The third-order valence-corrected chi connectivity index (χ3v) is 3.64. The molecule has 0 saturated carbocycles. The SMILES string of the molecule is N#CC1CN(C(=O)Cc2ccc(Cl)c(Cl)c2)CCO1. The van der Waals surface area contributed by atoms with E-state index in [9.17, 15) is 4.79 Å². The molecule has 1 fully saturated rings. The van der Waals surface area contributed by atoms with Crippen molar-refractivity contribution in [1.29, 1.82) is 5.26 Å². The molecular formula is C13H12Cl2N2O2. The summed E-state index contributed by atoms with van der Waals surface area (Å²) in [4.78, 5) is 13.7. The summed E-state index contributed by atoms with van der Waals surface area (Å²) in [5.74, 6) is -0.0399. The summed E-state index contributed by atoms with van der Waals surface area (Å²) in [7, 11) is 0. The molecule has 6 heteroatoms. The number of hydrogen-bond acceptors (Lipinski definition) is 3. The smallest absolute Gasteiger partial charge is 0.227 e. The van der Waals surface area contributed by atoms with Crippen LogP contribution in [0.2, 0.25) is 10.0 Å². The van der Waals surface area contributed by atoms with Gasteiger partial charge in [0.1, 0.15) is 0 Å². The molecule has 1 saturated heterocycles. The zero-order chi connectivity index (χ0) is 13.8. The van der Waals surface area contributed by atoms with E-state index in [2.05, 4.69) is 0 Å². The Hall–Kier alpha value is -1.28. The third kappa shape index (κ3) is 3.60. The van der Waals surface area contributed by atoms with Crippen molar-refractivity contribution < 1.29 is 9.53 Å². The van der Waals surface area contributed by atoms with E-state index in [-0.39, 0.29) is 12.3 Å². The van der Waals surface area contributed by atoms with Gasteiger partial charge in [0.2, 0.25) is 5.91 Å². The van der Waals surface area contributed by atoms with Gasteiger partial charge in [-0.15, -0.1) is 0 Å². The van der Waals surface area contributed by atoms with Crippen LogP contribution in [0.4, 0.5) is 0 Å². The molecule has 19 heavy (non-hydrogen) atoms. The number of benzene rings is 1. The number of amides is 1. The minimum absolute atomic E-state index is 0.0399. The van der Waals surface area contributed by atoms with E-state index in [1.54, 1.807) is 23.1 Å². The fourth-order valence-corrected chi connectivity index (χ4v) is 2.21. The largest absolute Gasteiger partial charge is 0.360 e. The summed E-state index contributed by atoms with van der Waals surface area (Å²) in [6.45, 7) is 1.22. The zero-order valence-corrected chi connectivity index (χ0v) is 11.6. The molecule has 1 unspecified atom stereocenters. The van der Waals surface area contributed by atoms with Gasteiger partial charge >= 0.3 is 0 Å². The van der Waals surface area contributed by atoms with Crippen LogP contribution in [0, 0.1) is 11.3 Å². The van der Waals surface area contributed by atoms with Gasteiger partial charge in [-0.3, -0.25) is 4.79 Å². The Balaban J connectivity index is 2.00. The van der Waals surface area contributed by atoms with E-state index in [1.165, 1.54) is 0 Å². The maximum atomic E-state index is 12.1. The van der Waals surface area contributed by atoms with Gasteiger partial charge in [0, 0.05) is 6.54 Å². The van der Waals surface area contributed by atoms with Crippen LogP contribution in [-0.2, 0) is 16.0 Å². The summed E-state index contributed by atoms with van der Waals surface area (Å²) >= 11 is 11.7. The molecule has 1 aromatic rings. The first-order valence-electron chi connectivity index (χ1n) is 5.83. The molecule has 0 bridgehead atoms. The average molecular weight is 299 g/mol. The van der Waals surface area contributed by atoms with Crippen LogP contribution >= 0.6 is 23.2 Å². The molecule has 0 N–H and O–H groups in total. The average Bonchev–Trinajstić information content (AvgIpc) is 2.43. The minimum Gasteiger partial charge on any atom is -0.360 e. The molecule has 0 spiro atoms. The van der Waals surface area contributed by atoms with E-state index >= 15 is 0 Å². The van der Waals surface area contributed by atoms with Gasteiger partial charge < -0.3 is 9.64 Å². The Morgan fingerprint density at radius 3 is 2.95 bits per heavy atom. The van der Waals surface area contributed by atoms with Gasteiger partial charge in [-0.05, 0) is 17.7 Å². The van der Waals surface area contributed by atoms with Gasteiger partial charge in [0.15, 0.2) is 6.10 Å². The van der Waals surface area contributed by atoms with Crippen LogP contribution in [0.15, 0.2) is 18.2 Å². The van der Waals surface area contributed by atoms with Crippen LogP contribution in [0.1, 0.15) is 5.56 Å². The zero-order valence-electron chi connectivity index (χ0n) is 10.1. The number of rotatable bonds is 2. The molecule has 100 valence electrons. The quantitative estimate of drug-likeness (QED) is 0.842. The molecule has 1 aliphatic heterocycles. The molecule has 1 amide bonds. The lowest BCUT2D eigenvalue weighted by Gasteiger charge is -2.29. The van der Waals surface area contributed by atoms with Crippen molar-refractivity contribution in [3.63, 3.8) is 0 Å². The molecular weight excluding hydrogens is 287 g/mol. The lowest BCUT2D eigenvalue weighted by Crippen LogP contribution is -2.45. The Kier molecular flexibility index (Phi) is 4.65. The lowest BCUT2D eigenvalue weighted by molar-refractivity contribution is -0.136. The van der Waals surface area contributed by atoms with E-state index in [0.29, 0.717) is 29.7 Å². The fraction of sp³-hybridized carbons (Fsp3) is 0.385. The van der Waals surface area contributed by atoms with E-state index in [1.807, 2.05) is 6.07 Å². The Morgan fingerprint density at radius 2 is 2.26 bits per heavy atom. The molecule has 1 aromatic carbocycles. The third-order valence-electron chi connectivity index (χ3n) is 2.90. The number of halogens is 2. The number of hydrogen-bond donors (Lipinski definition) is 0. The van der Waals surface area contributed by atoms with Crippen LogP contribution in [0.5, 0.6) is 0 Å². The lowest BCUT2D eigenvalue weighted by atomic mass is 10.1. The van der Waals surface area contributed by atoms with Crippen molar-refractivity contribution in [2.75, 3.05) is 19.7 Å². The maximum absolute atomic E-state index is 12.1. The first-order chi connectivity index (χ1) is 9.10. The van der Waals surface area contributed by atoms with Crippen LogP contribution < -0.4 is 0 Å². The normalized spacial score (nSPS) is 19.0. The summed E-state index contributed by atoms with van der Waals surface area (Å²) in [5.41, 5.74) is 0.805. The van der Waals surface area contributed by atoms with E-state index in [4.69, 9.17) is 33.2 Å². The van der Waals surface area contributed by atoms with Crippen molar-refractivity contribution in [2.45, 2.75) is 12.5 Å². The van der Waals surface area contributed by atoms with Gasteiger partial charge in [0.05, 0.1) is 35.7 Å². The predicted molar refractivity (Wildman–Crippen MR) is 72.1 cm³/mol. The van der Waals surface area contributed by atoms with Crippen molar-refractivity contribution >= 4 is 29.1 Å². The van der Waals surface area contributed by atoms with Gasteiger partial charge in [0.25, 0.3) is 0 Å². The second-order valence-corrected chi connectivity index (χ2v) is 5.07. The molecule has 0 aromatic heterocycles.